The van der Waals surface area contributed by atoms with Gasteiger partial charge in [0.15, 0.2) is 0 Å². The summed E-state index contributed by atoms with van der Waals surface area (Å²) >= 11 is 0. The van der Waals surface area contributed by atoms with Crippen LogP contribution in [-0.2, 0) is 0 Å². The van der Waals surface area contributed by atoms with Crippen molar-refractivity contribution in [2.45, 2.75) is 51.4 Å². The summed E-state index contributed by atoms with van der Waals surface area (Å²) in [6.45, 7) is 0. The van der Waals surface area contributed by atoms with Crippen LogP contribution in [0.3, 0.4) is 0 Å². The molecule has 66 valence electrons. The number of hydrogen-bond donors (Lipinski definition) is 0. The Morgan fingerprint density at radius 2 is 1.83 bits per heavy atom. The molecule has 2 rings (SSSR count). The van der Waals surface area contributed by atoms with Crippen molar-refractivity contribution in [3.63, 3.8) is 0 Å². The predicted molar refractivity (Wildman–Crippen MR) is 51.7 cm³/mol. The molecule has 0 aromatic rings. The van der Waals surface area contributed by atoms with Gasteiger partial charge < -0.3 is 0 Å². The third-order valence-electron chi connectivity index (χ3n) is 3.56. The molecule has 2 aliphatic rings. The highest BCUT2D eigenvalue weighted by Gasteiger charge is 2.42. The van der Waals surface area contributed by atoms with E-state index >= 15 is 0 Å². The zero-order valence-corrected chi connectivity index (χ0v) is 7.81. The second-order valence-electron chi connectivity index (χ2n) is 4.63. The van der Waals surface area contributed by atoms with Gasteiger partial charge in [-0.1, -0.05) is 38.0 Å². The van der Waals surface area contributed by atoms with E-state index in [1.54, 1.807) is 0 Å². The molecule has 12 heavy (non-hydrogen) atoms. The van der Waals surface area contributed by atoms with Crippen molar-refractivity contribution in [2.75, 3.05) is 0 Å². The second-order valence-corrected chi connectivity index (χ2v) is 4.63. The molecule has 2 saturated carbocycles. The highest BCUT2D eigenvalue weighted by atomic mass is 14.4. The van der Waals surface area contributed by atoms with Gasteiger partial charge in [0, 0.05) is 5.41 Å². The number of terminal acetylenes is 1. The Bertz CT molecular complexity index is 187. The minimum absolute atomic E-state index is 0.377. The summed E-state index contributed by atoms with van der Waals surface area (Å²) < 4.78 is 0. The van der Waals surface area contributed by atoms with Gasteiger partial charge in [-0.15, -0.1) is 6.42 Å². The minimum atomic E-state index is 0.377. The van der Waals surface area contributed by atoms with Gasteiger partial charge >= 0.3 is 0 Å². The monoisotopic (exact) mass is 162 g/mol. The molecule has 0 aromatic heterocycles. The van der Waals surface area contributed by atoms with E-state index in [9.17, 15) is 0 Å². The highest BCUT2D eigenvalue weighted by Crippen LogP contribution is 2.51. The summed E-state index contributed by atoms with van der Waals surface area (Å²) in [6, 6.07) is 0. The fourth-order valence-electron chi connectivity index (χ4n) is 2.50. The maximum atomic E-state index is 5.54. The van der Waals surface area contributed by atoms with Crippen LogP contribution in [0.4, 0.5) is 0 Å². The van der Waals surface area contributed by atoms with E-state index in [4.69, 9.17) is 6.42 Å². The molecule has 0 saturated heterocycles. The number of hydrogen-bond acceptors (Lipinski definition) is 0. The molecule has 2 fully saturated rings. The van der Waals surface area contributed by atoms with E-state index in [0.717, 1.165) is 5.92 Å². The Kier molecular flexibility index (Phi) is 2.13. The molecule has 0 amide bonds. The molecule has 2 aliphatic carbocycles. The van der Waals surface area contributed by atoms with E-state index in [1.807, 2.05) is 0 Å². The van der Waals surface area contributed by atoms with Gasteiger partial charge in [0.1, 0.15) is 0 Å². The predicted octanol–water partition coefficient (Wildman–Crippen LogP) is 3.37. The second kappa shape index (κ2) is 3.13. The first kappa shape index (κ1) is 8.17. The van der Waals surface area contributed by atoms with Crippen LogP contribution < -0.4 is 0 Å². The molecule has 0 nitrogen and oxygen atoms in total. The Hall–Kier alpha value is -0.440. The third-order valence-corrected chi connectivity index (χ3v) is 3.56. The maximum absolute atomic E-state index is 5.54. The average Bonchev–Trinajstić information content (AvgIpc) is 2.88. The Morgan fingerprint density at radius 1 is 1.17 bits per heavy atom. The summed E-state index contributed by atoms with van der Waals surface area (Å²) in [7, 11) is 0. The van der Waals surface area contributed by atoms with Gasteiger partial charge in [-0.05, 0) is 25.2 Å². The molecule has 0 heteroatoms. The molecule has 0 bridgehead atoms. The van der Waals surface area contributed by atoms with Gasteiger partial charge in [0.05, 0.1) is 0 Å². The van der Waals surface area contributed by atoms with E-state index in [2.05, 4.69) is 5.92 Å². The molecule has 0 atom stereocenters. The van der Waals surface area contributed by atoms with Crippen molar-refractivity contribution in [3.8, 4) is 12.3 Å². The summed E-state index contributed by atoms with van der Waals surface area (Å²) in [5, 5.41) is 0. The molecule has 0 unspecified atom stereocenters. The van der Waals surface area contributed by atoms with Crippen LogP contribution in [0.1, 0.15) is 51.4 Å². The van der Waals surface area contributed by atoms with Crippen molar-refractivity contribution >= 4 is 0 Å². The molecule has 0 aliphatic heterocycles. The Labute approximate surface area is 75.7 Å². The van der Waals surface area contributed by atoms with Crippen LogP contribution in [0.2, 0.25) is 0 Å². The molecule has 0 aromatic carbocycles. The van der Waals surface area contributed by atoms with Crippen LogP contribution in [0.25, 0.3) is 0 Å². The minimum Gasteiger partial charge on any atom is -0.120 e. The first-order chi connectivity index (χ1) is 5.85. The molecule has 0 radical (unpaired) electrons. The van der Waals surface area contributed by atoms with Crippen molar-refractivity contribution in [1.29, 1.82) is 0 Å². The SMILES string of the molecule is C#CC1(CC2CCCCC2)CC1. The molecular weight excluding hydrogens is 144 g/mol. The topological polar surface area (TPSA) is 0 Å². The third kappa shape index (κ3) is 1.66. The zero-order valence-electron chi connectivity index (χ0n) is 7.81. The van der Waals surface area contributed by atoms with Crippen LogP contribution >= 0.6 is 0 Å². The lowest BCUT2D eigenvalue weighted by atomic mass is 9.82. The average molecular weight is 162 g/mol. The van der Waals surface area contributed by atoms with Crippen LogP contribution in [0.5, 0.6) is 0 Å². The van der Waals surface area contributed by atoms with Crippen molar-refractivity contribution in [3.05, 3.63) is 0 Å². The standard InChI is InChI=1S/C12H18/c1-2-12(8-9-12)10-11-6-4-3-5-7-11/h1,11H,3-10H2. The van der Waals surface area contributed by atoms with Gasteiger partial charge in [-0.2, -0.15) is 0 Å². The smallest absolute Gasteiger partial charge is 0.0315 e. The van der Waals surface area contributed by atoms with Crippen LogP contribution in [0.15, 0.2) is 0 Å². The molecule has 0 heterocycles. The summed E-state index contributed by atoms with van der Waals surface area (Å²) in [5.74, 6) is 3.97. The molecule has 0 spiro atoms. The Balaban J connectivity index is 1.82. The highest BCUT2D eigenvalue weighted by molar-refractivity contribution is 5.15. The summed E-state index contributed by atoms with van der Waals surface area (Å²) in [6.07, 6.45) is 16.7. The van der Waals surface area contributed by atoms with E-state index in [1.165, 1.54) is 51.4 Å². The normalized spacial score (nSPS) is 27.9. The lowest BCUT2D eigenvalue weighted by Gasteiger charge is -2.23. The van der Waals surface area contributed by atoms with E-state index in [0.29, 0.717) is 5.41 Å². The molecular formula is C12H18. The first-order valence-corrected chi connectivity index (χ1v) is 5.32. The largest absolute Gasteiger partial charge is 0.120 e. The van der Waals surface area contributed by atoms with Crippen molar-refractivity contribution < 1.29 is 0 Å². The van der Waals surface area contributed by atoms with Crippen molar-refractivity contribution in [1.82, 2.24) is 0 Å². The maximum Gasteiger partial charge on any atom is 0.0315 e. The van der Waals surface area contributed by atoms with E-state index in [-0.39, 0.29) is 0 Å². The van der Waals surface area contributed by atoms with Crippen molar-refractivity contribution in [2.24, 2.45) is 11.3 Å². The summed E-state index contributed by atoms with van der Waals surface area (Å²) in [5.41, 5.74) is 0.377. The van der Waals surface area contributed by atoms with Crippen LogP contribution in [-0.4, -0.2) is 0 Å². The van der Waals surface area contributed by atoms with Gasteiger partial charge in [0.25, 0.3) is 0 Å². The first-order valence-electron chi connectivity index (χ1n) is 5.32. The fraction of sp³-hybridized carbons (Fsp3) is 0.833. The fourth-order valence-corrected chi connectivity index (χ4v) is 2.50. The Morgan fingerprint density at radius 3 is 2.33 bits per heavy atom. The van der Waals surface area contributed by atoms with E-state index < -0.39 is 0 Å². The number of rotatable bonds is 2. The zero-order chi connectivity index (χ0) is 8.44. The summed E-state index contributed by atoms with van der Waals surface area (Å²) in [4.78, 5) is 0. The lowest BCUT2D eigenvalue weighted by Crippen LogP contribution is -2.11. The van der Waals surface area contributed by atoms with Crippen LogP contribution in [0, 0.1) is 23.7 Å². The van der Waals surface area contributed by atoms with Gasteiger partial charge in [-0.25, -0.2) is 0 Å². The quantitative estimate of drug-likeness (QED) is 0.546. The molecule has 0 N–H and O–H groups in total. The van der Waals surface area contributed by atoms with Gasteiger partial charge in [-0.3, -0.25) is 0 Å². The van der Waals surface area contributed by atoms with Gasteiger partial charge in [0.2, 0.25) is 0 Å². The lowest BCUT2D eigenvalue weighted by molar-refractivity contribution is 0.305.